The topological polar surface area (TPSA) is 65.5 Å². The third-order valence-electron chi connectivity index (χ3n) is 5.48. The van der Waals surface area contributed by atoms with Gasteiger partial charge in [0.1, 0.15) is 17.5 Å². The second-order valence-corrected chi connectivity index (χ2v) is 8.59. The molecule has 2 heterocycles. The molecule has 10 heteroatoms. The van der Waals surface area contributed by atoms with E-state index in [1.165, 1.54) is 36.1 Å². The van der Waals surface area contributed by atoms with Crippen molar-refractivity contribution in [2.24, 2.45) is 0 Å². The summed E-state index contributed by atoms with van der Waals surface area (Å²) in [6, 6.07) is 15.3. The number of hydrogen-bond donors (Lipinski definition) is 1. The Balaban J connectivity index is 1.59. The van der Waals surface area contributed by atoms with Crippen LogP contribution in [0.15, 0.2) is 72.1 Å². The highest BCUT2D eigenvalue weighted by molar-refractivity contribution is 7.14. The van der Waals surface area contributed by atoms with Gasteiger partial charge in [-0.15, -0.1) is 11.3 Å². The van der Waals surface area contributed by atoms with E-state index >= 15 is 0 Å². The number of fused-ring (bicyclic) bond motifs is 1. The van der Waals surface area contributed by atoms with Gasteiger partial charge in [0.05, 0.1) is 16.9 Å². The van der Waals surface area contributed by atoms with E-state index in [4.69, 9.17) is 0 Å². The summed E-state index contributed by atoms with van der Waals surface area (Å²) >= 11 is 1.07. The van der Waals surface area contributed by atoms with Crippen LogP contribution in [0.25, 0.3) is 0 Å². The van der Waals surface area contributed by atoms with Gasteiger partial charge in [0, 0.05) is 29.7 Å². The van der Waals surface area contributed by atoms with Gasteiger partial charge < -0.3 is 5.32 Å². The second kappa shape index (κ2) is 8.88. The van der Waals surface area contributed by atoms with E-state index < -0.39 is 29.5 Å². The molecule has 1 N–H and O–H groups in total. The van der Waals surface area contributed by atoms with E-state index in [9.17, 15) is 22.8 Å². The van der Waals surface area contributed by atoms with Crippen molar-refractivity contribution in [2.45, 2.75) is 13.1 Å². The minimum absolute atomic E-state index is 0.144. The minimum Gasteiger partial charge on any atom is -0.359 e. The molecule has 5 rings (SSSR count). The lowest BCUT2D eigenvalue weighted by Gasteiger charge is -2.37. The fourth-order valence-electron chi connectivity index (χ4n) is 3.90. The SMILES string of the molecule is CC(=O)N(c1nc(C2Nc3ccccc3C(=O)N2c2ccc(F)cc2)cs1)c1ccc(F)cc1F. The van der Waals surface area contributed by atoms with E-state index in [1.54, 1.807) is 29.6 Å². The maximum Gasteiger partial charge on any atom is 0.262 e. The van der Waals surface area contributed by atoms with E-state index in [0.717, 1.165) is 28.4 Å². The zero-order chi connectivity index (χ0) is 24.7. The summed E-state index contributed by atoms with van der Waals surface area (Å²) in [5, 5.41) is 5.06. The van der Waals surface area contributed by atoms with Crippen molar-refractivity contribution in [1.82, 2.24) is 4.98 Å². The van der Waals surface area contributed by atoms with Crippen molar-refractivity contribution >= 4 is 45.3 Å². The first-order chi connectivity index (χ1) is 16.8. The molecule has 0 saturated heterocycles. The van der Waals surface area contributed by atoms with Crippen LogP contribution in [0.2, 0.25) is 0 Å². The minimum atomic E-state index is -0.912. The van der Waals surface area contributed by atoms with Gasteiger partial charge in [-0.3, -0.25) is 19.4 Å². The Morgan fingerprint density at radius 3 is 2.46 bits per heavy atom. The van der Waals surface area contributed by atoms with Crippen molar-refractivity contribution in [3.05, 3.63) is 101 Å². The third-order valence-corrected chi connectivity index (χ3v) is 6.32. The van der Waals surface area contributed by atoms with Gasteiger partial charge in [-0.1, -0.05) is 12.1 Å². The van der Waals surface area contributed by atoms with Crippen LogP contribution in [0.4, 0.5) is 35.4 Å². The monoisotopic (exact) mass is 494 g/mol. The largest absolute Gasteiger partial charge is 0.359 e. The number of para-hydroxylation sites is 1. The van der Waals surface area contributed by atoms with Crippen LogP contribution in [0.1, 0.15) is 29.1 Å². The number of thiazole rings is 1. The van der Waals surface area contributed by atoms with Crippen LogP contribution < -0.4 is 15.1 Å². The first kappa shape index (κ1) is 22.6. The predicted molar refractivity (Wildman–Crippen MR) is 127 cm³/mol. The zero-order valence-electron chi connectivity index (χ0n) is 18.2. The highest BCUT2D eigenvalue weighted by Gasteiger charge is 2.36. The highest BCUT2D eigenvalue weighted by atomic mass is 32.1. The fourth-order valence-corrected chi connectivity index (χ4v) is 4.80. The molecule has 0 fully saturated rings. The van der Waals surface area contributed by atoms with Gasteiger partial charge in [0.2, 0.25) is 5.91 Å². The Kier molecular flexibility index (Phi) is 5.73. The van der Waals surface area contributed by atoms with Gasteiger partial charge in [0.15, 0.2) is 11.3 Å². The number of hydrogen-bond acceptors (Lipinski definition) is 5. The Morgan fingerprint density at radius 1 is 1.03 bits per heavy atom. The maximum absolute atomic E-state index is 14.5. The summed E-state index contributed by atoms with van der Waals surface area (Å²) in [5.74, 6) is -2.97. The number of halogens is 3. The summed E-state index contributed by atoms with van der Waals surface area (Å²) in [4.78, 5) is 32.9. The molecule has 176 valence electrons. The first-order valence-corrected chi connectivity index (χ1v) is 11.4. The van der Waals surface area contributed by atoms with E-state index in [-0.39, 0.29) is 16.7 Å². The van der Waals surface area contributed by atoms with E-state index in [2.05, 4.69) is 10.3 Å². The van der Waals surface area contributed by atoms with Gasteiger partial charge in [-0.25, -0.2) is 18.2 Å². The normalized spacial score (nSPS) is 14.9. The van der Waals surface area contributed by atoms with Crippen LogP contribution in [0, 0.1) is 17.5 Å². The molecule has 0 spiro atoms. The number of nitrogens with zero attached hydrogens (tertiary/aromatic N) is 3. The summed E-state index contributed by atoms with van der Waals surface area (Å²) in [7, 11) is 0. The van der Waals surface area contributed by atoms with Gasteiger partial charge >= 0.3 is 0 Å². The number of benzene rings is 3. The third kappa shape index (κ3) is 4.12. The number of carbonyl (C=O) groups excluding carboxylic acids is 2. The molecule has 6 nitrogen and oxygen atoms in total. The molecule has 0 aliphatic carbocycles. The van der Waals surface area contributed by atoms with Crippen LogP contribution in [-0.4, -0.2) is 16.8 Å². The lowest BCUT2D eigenvalue weighted by molar-refractivity contribution is -0.115. The average molecular weight is 494 g/mol. The second-order valence-electron chi connectivity index (χ2n) is 7.75. The molecule has 35 heavy (non-hydrogen) atoms. The number of anilines is 4. The Labute approximate surface area is 202 Å². The molecular formula is C25H17F3N4O2S. The molecule has 1 atom stereocenters. The molecule has 1 aliphatic rings. The average Bonchev–Trinajstić information content (AvgIpc) is 3.31. The maximum atomic E-state index is 14.5. The summed E-state index contributed by atoms with van der Waals surface area (Å²) in [6.45, 7) is 1.24. The Hall–Kier alpha value is -4.18. The molecule has 4 aromatic rings. The number of rotatable bonds is 4. The molecule has 0 saturated carbocycles. The quantitative estimate of drug-likeness (QED) is 0.377. The van der Waals surface area contributed by atoms with Crippen molar-refractivity contribution in [1.29, 1.82) is 0 Å². The smallest absolute Gasteiger partial charge is 0.262 e. The number of nitrogens with one attached hydrogen (secondary N) is 1. The van der Waals surface area contributed by atoms with Gasteiger partial charge in [-0.05, 0) is 48.5 Å². The molecule has 3 aromatic carbocycles. The summed E-state index contributed by atoms with van der Waals surface area (Å²) in [5.41, 5.74) is 1.69. The molecule has 0 radical (unpaired) electrons. The molecule has 1 aliphatic heterocycles. The van der Waals surface area contributed by atoms with Crippen molar-refractivity contribution in [3.8, 4) is 0 Å². The van der Waals surface area contributed by atoms with Crippen molar-refractivity contribution in [2.75, 3.05) is 15.1 Å². The molecule has 1 unspecified atom stereocenters. The summed E-state index contributed by atoms with van der Waals surface area (Å²) in [6.07, 6.45) is -0.792. The number of amides is 2. The van der Waals surface area contributed by atoms with Crippen LogP contribution >= 0.6 is 11.3 Å². The zero-order valence-corrected chi connectivity index (χ0v) is 19.0. The molecule has 0 bridgehead atoms. The van der Waals surface area contributed by atoms with Crippen molar-refractivity contribution in [3.63, 3.8) is 0 Å². The predicted octanol–water partition coefficient (Wildman–Crippen LogP) is 6.02. The Morgan fingerprint density at radius 2 is 1.74 bits per heavy atom. The van der Waals surface area contributed by atoms with E-state index in [0.29, 0.717) is 28.7 Å². The molecular weight excluding hydrogens is 477 g/mol. The Bertz CT molecular complexity index is 1440. The highest BCUT2D eigenvalue weighted by Crippen LogP contribution is 2.39. The fraction of sp³-hybridized carbons (Fsp3) is 0.0800. The van der Waals surface area contributed by atoms with E-state index in [1.807, 2.05) is 0 Å². The molecule has 1 aromatic heterocycles. The first-order valence-electron chi connectivity index (χ1n) is 10.5. The standard InChI is InChI=1S/C25H17F3N4O2S/c1-14(33)31(22-11-8-16(27)12-19(22)28)25-30-21(13-35-25)23-29-20-5-3-2-4-18(20)24(34)32(23)17-9-6-15(26)7-10-17/h2-13,23,29H,1H3. The van der Waals surface area contributed by atoms with Crippen molar-refractivity contribution < 1.29 is 22.8 Å². The number of aromatic nitrogens is 1. The summed E-state index contributed by atoms with van der Waals surface area (Å²) < 4.78 is 41.5. The van der Waals surface area contributed by atoms with Gasteiger partial charge in [-0.2, -0.15) is 0 Å². The van der Waals surface area contributed by atoms with Crippen LogP contribution in [0.3, 0.4) is 0 Å². The van der Waals surface area contributed by atoms with Crippen LogP contribution in [0.5, 0.6) is 0 Å². The van der Waals surface area contributed by atoms with Gasteiger partial charge in [0.25, 0.3) is 5.91 Å². The lowest BCUT2D eigenvalue weighted by atomic mass is 10.1. The molecule has 2 amide bonds. The number of carbonyl (C=O) groups is 2. The van der Waals surface area contributed by atoms with Crippen LogP contribution in [-0.2, 0) is 4.79 Å². The lowest BCUT2D eigenvalue weighted by Crippen LogP contribution is -2.43.